The number of carbonyl (C=O) groups excluding carboxylic acids is 3. The minimum atomic E-state index is -1.49. The maximum Gasteiger partial charge on any atom is 0.332 e. The fourth-order valence-electron chi connectivity index (χ4n) is 4.56. The van der Waals surface area contributed by atoms with Gasteiger partial charge in [0.25, 0.3) is 5.91 Å². The maximum atomic E-state index is 15.1. The quantitative estimate of drug-likeness (QED) is 0.519. The summed E-state index contributed by atoms with van der Waals surface area (Å²) in [6.45, 7) is 1.70. The molecule has 0 spiro atoms. The van der Waals surface area contributed by atoms with Crippen molar-refractivity contribution in [2.75, 3.05) is 22.9 Å². The largest absolute Gasteiger partial charge is 0.332 e. The van der Waals surface area contributed by atoms with Gasteiger partial charge in [-0.15, -0.1) is 0 Å². The Labute approximate surface area is 205 Å². The second-order valence-electron chi connectivity index (χ2n) is 8.85. The van der Waals surface area contributed by atoms with Crippen LogP contribution >= 0.6 is 0 Å². The molecule has 10 heteroatoms. The molecule has 0 bridgehead atoms. The lowest BCUT2D eigenvalue weighted by atomic mass is 9.88. The van der Waals surface area contributed by atoms with Gasteiger partial charge >= 0.3 is 6.03 Å². The van der Waals surface area contributed by atoms with Crippen LogP contribution in [0.2, 0.25) is 0 Å². The summed E-state index contributed by atoms with van der Waals surface area (Å²) >= 11 is 0. The molecule has 1 atom stereocenters. The molecule has 5 rings (SSSR count). The first kappa shape index (κ1) is 23.2. The Balaban J connectivity index is 1.44. The van der Waals surface area contributed by atoms with Gasteiger partial charge in [0.1, 0.15) is 11.2 Å². The summed E-state index contributed by atoms with van der Waals surface area (Å²) < 4.78 is 31.7. The summed E-state index contributed by atoms with van der Waals surface area (Å²) in [5, 5.41) is 4.07. The average molecular weight is 489 g/mol. The Morgan fingerprint density at radius 2 is 1.64 bits per heavy atom. The molecule has 0 aliphatic carbocycles. The van der Waals surface area contributed by atoms with Gasteiger partial charge in [-0.2, -0.15) is 5.10 Å². The van der Waals surface area contributed by atoms with Crippen molar-refractivity contribution >= 4 is 29.2 Å². The summed E-state index contributed by atoms with van der Waals surface area (Å²) in [5.74, 6) is 1.96. The van der Waals surface area contributed by atoms with Crippen LogP contribution in [0.15, 0.2) is 54.9 Å². The van der Waals surface area contributed by atoms with Crippen LogP contribution in [0, 0.1) is 23.5 Å². The molecule has 0 unspecified atom stereocenters. The third-order valence-electron chi connectivity index (χ3n) is 6.38. The minimum absolute atomic E-state index is 0.0552. The molecule has 0 radical (unpaired) electrons. The van der Waals surface area contributed by atoms with E-state index in [1.54, 1.807) is 37.5 Å². The number of aryl methyl sites for hydroxylation is 1. The fourth-order valence-corrected chi connectivity index (χ4v) is 4.56. The first-order chi connectivity index (χ1) is 17.2. The van der Waals surface area contributed by atoms with Crippen molar-refractivity contribution in [3.63, 3.8) is 0 Å². The van der Waals surface area contributed by atoms with E-state index in [0.717, 1.165) is 12.1 Å². The predicted octanol–water partition coefficient (Wildman–Crippen LogP) is 3.06. The summed E-state index contributed by atoms with van der Waals surface area (Å²) in [5.41, 5.74) is -1.01. The van der Waals surface area contributed by atoms with Crippen LogP contribution in [0.5, 0.6) is 0 Å². The Kier molecular flexibility index (Phi) is 5.55. The molecule has 2 aromatic carbocycles. The van der Waals surface area contributed by atoms with Crippen LogP contribution in [-0.4, -0.2) is 51.2 Å². The predicted molar refractivity (Wildman–Crippen MR) is 127 cm³/mol. The molecule has 182 valence electrons. The number of halogens is 2. The number of fused-ring (bicyclic) bond motifs is 1. The van der Waals surface area contributed by atoms with E-state index >= 15 is 8.78 Å². The van der Waals surface area contributed by atoms with E-state index < -0.39 is 47.1 Å². The first-order valence-electron chi connectivity index (χ1n) is 11.2. The van der Waals surface area contributed by atoms with E-state index in [-0.39, 0.29) is 18.7 Å². The second-order valence-corrected chi connectivity index (χ2v) is 8.85. The molecule has 0 N–H and O–H groups in total. The van der Waals surface area contributed by atoms with Crippen molar-refractivity contribution in [3.8, 4) is 11.8 Å². The van der Waals surface area contributed by atoms with Crippen molar-refractivity contribution in [2.45, 2.75) is 18.9 Å². The molecule has 2 aliphatic rings. The third kappa shape index (κ3) is 3.79. The van der Waals surface area contributed by atoms with Crippen LogP contribution in [0.3, 0.4) is 0 Å². The first-order valence-corrected chi connectivity index (χ1v) is 11.2. The van der Waals surface area contributed by atoms with Gasteiger partial charge in [0.2, 0.25) is 5.91 Å². The summed E-state index contributed by atoms with van der Waals surface area (Å²) in [4.78, 5) is 42.9. The molecule has 3 heterocycles. The molecule has 4 amide bonds. The molecule has 3 aromatic rings. The standard InChI is InChI=1S/C26H21F2N5O3/c1-26-14-22(34)33(25(36)32(26)11-10-31(24(26)35)19-15-29-30(2)16-19)23-20(27)12-18(13-21(23)28)9-8-17-6-4-3-5-7-17/h3-7,12-13,15-16H,10-11,14H2,1-2H3/t26-/m0/s1. The van der Waals surface area contributed by atoms with E-state index in [0.29, 0.717) is 16.2 Å². The number of rotatable bonds is 2. The molecule has 2 fully saturated rings. The molecule has 0 saturated carbocycles. The topological polar surface area (TPSA) is 78.8 Å². The lowest BCUT2D eigenvalue weighted by Gasteiger charge is -2.51. The summed E-state index contributed by atoms with van der Waals surface area (Å²) in [6.07, 6.45) is 2.74. The number of carbonyl (C=O) groups is 3. The van der Waals surface area contributed by atoms with Crippen molar-refractivity contribution in [3.05, 3.63) is 77.6 Å². The monoisotopic (exact) mass is 489 g/mol. The summed E-state index contributed by atoms with van der Waals surface area (Å²) in [7, 11) is 1.71. The molecule has 8 nitrogen and oxygen atoms in total. The number of urea groups is 1. The number of hydrogen-bond donors (Lipinski definition) is 0. The molecule has 2 saturated heterocycles. The smallest absolute Gasteiger partial charge is 0.307 e. The highest BCUT2D eigenvalue weighted by Gasteiger charge is 2.56. The molecule has 1 aromatic heterocycles. The Hall–Kier alpha value is -4.52. The number of imide groups is 1. The van der Waals surface area contributed by atoms with E-state index in [2.05, 4.69) is 16.9 Å². The minimum Gasteiger partial charge on any atom is -0.307 e. The maximum absolute atomic E-state index is 15.1. The molecule has 2 aliphatic heterocycles. The number of amides is 4. The number of piperazine rings is 1. The lowest BCUT2D eigenvalue weighted by molar-refractivity contribution is -0.137. The van der Waals surface area contributed by atoms with Crippen LogP contribution in [0.25, 0.3) is 0 Å². The van der Waals surface area contributed by atoms with Gasteiger partial charge in [-0.3, -0.25) is 14.3 Å². The Morgan fingerprint density at radius 3 is 2.28 bits per heavy atom. The molecule has 36 heavy (non-hydrogen) atoms. The van der Waals surface area contributed by atoms with Gasteiger partial charge in [-0.25, -0.2) is 18.5 Å². The second kappa shape index (κ2) is 8.61. The highest BCUT2D eigenvalue weighted by atomic mass is 19.1. The Morgan fingerprint density at radius 1 is 0.972 bits per heavy atom. The van der Waals surface area contributed by atoms with Crippen molar-refractivity contribution in [1.29, 1.82) is 0 Å². The number of hydrogen-bond acceptors (Lipinski definition) is 4. The highest BCUT2D eigenvalue weighted by Crippen LogP contribution is 2.38. The van der Waals surface area contributed by atoms with Crippen molar-refractivity contribution < 1.29 is 23.2 Å². The lowest BCUT2D eigenvalue weighted by Crippen LogP contribution is -2.72. The average Bonchev–Trinajstić information content (AvgIpc) is 3.27. The van der Waals surface area contributed by atoms with Crippen LogP contribution in [-0.2, 0) is 16.6 Å². The van der Waals surface area contributed by atoms with E-state index in [4.69, 9.17) is 0 Å². The van der Waals surface area contributed by atoms with Crippen LogP contribution < -0.4 is 9.80 Å². The molecular formula is C26H21F2N5O3. The van der Waals surface area contributed by atoms with E-state index in [1.807, 2.05) is 6.07 Å². The zero-order chi connectivity index (χ0) is 25.6. The van der Waals surface area contributed by atoms with Crippen molar-refractivity contribution in [2.24, 2.45) is 7.05 Å². The van der Waals surface area contributed by atoms with Gasteiger partial charge in [0.15, 0.2) is 11.6 Å². The van der Waals surface area contributed by atoms with Gasteiger partial charge in [-0.1, -0.05) is 30.0 Å². The van der Waals surface area contributed by atoms with Gasteiger partial charge in [0.05, 0.1) is 18.3 Å². The number of anilines is 2. The fraction of sp³-hybridized carbons (Fsp3) is 0.231. The SMILES string of the molecule is Cn1cc(N2CCN3C(=O)N(c4c(F)cc(C#Cc5ccccc5)cc4F)C(=O)C[C@@]3(C)C2=O)cn1. The van der Waals surface area contributed by atoms with Crippen LogP contribution in [0.4, 0.5) is 25.0 Å². The third-order valence-corrected chi connectivity index (χ3v) is 6.38. The van der Waals surface area contributed by atoms with Gasteiger partial charge < -0.3 is 9.80 Å². The van der Waals surface area contributed by atoms with E-state index in [1.165, 1.54) is 27.6 Å². The van der Waals surface area contributed by atoms with Gasteiger partial charge in [0, 0.05) is 37.5 Å². The van der Waals surface area contributed by atoms with E-state index in [9.17, 15) is 14.4 Å². The van der Waals surface area contributed by atoms with Crippen LogP contribution in [0.1, 0.15) is 24.5 Å². The zero-order valence-corrected chi connectivity index (χ0v) is 19.5. The number of aromatic nitrogens is 2. The highest BCUT2D eigenvalue weighted by molar-refractivity contribution is 6.20. The normalized spacial score (nSPS) is 19.8. The molecular weight excluding hydrogens is 468 g/mol. The zero-order valence-electron chi connectivity index (χ0n) is 19.5. The number of benzene rings is 2. The Bertz CT molecular complexity index is 1440. The van der Waals surface area contributed by atoms with Gasteiger partial charge in [-0.05, 0) is 31.2 Å². The summed E-state index contributed by atoms with van der Waals surface area (Å²) in [6, 6.07) is 9.92. The number of nitrogens with zero attached hydrogens (tertiary/aromatic N) is 5. The van der Waals surface area contributed by atoms with Crippen molar-refractivity contribution in [1.82, 2.24) is 14.7 Å².